The van der Waals surface area contributed by atoms with Gasteiger partial charge >= 0.3 is 0 Å². The lowest BCUT2D eigenvalue weighted by molar-refractivity contribution is -0.120. The van der Waals surface area contributed by atoms with Crippen LogP contribution in [0.5, 0.6) is 17.2 Å². The van der Waals surface area contributed by atoms with Gasteiger partial charge in [0.15, 0.2) is 0 Å². The van der Waals surface area contributed by atoms with E-state index in [1.807, 2.05) is 0 Å². The zero-order valence-electron chi connectivity index (χ0n) is 15.2. The molecule has 0 atom stereocenters. The minimum absolute atomic E-state index is 0.0860. The summed E-state index contributed by atoms with van der Waals surface area (Å²) in [4.78, 5) is 26.6. The number of halogens is 2. The molecule has 1 heterocycles. The van der Waals surface area contributed by atoms with Gasteiger partial charge in [0.2, 0.25) is 0 Å². The van der Waals surface area contributed by atoms with Crippen LogP contribution in [-0.2, 0) is 9.59 Å². The molecule has 0 spiro atoms. The van der Waals surface area contributed by atoms with Crippen molar-refractivity contribution < 1.29 is 23.8 Å². The van der Waals surface area contributed by atoms with Crippen LogP contribution in [0.3, 0.4) is 0 Å². The molecule has 2 amide bonds. The van der Waals surface area contributed by atoms with E-state index in [0.29, 0.717) is 28.0 Å². The van der Waals surface area contributed by atoms with Crippen molar-refractivity contribution in [2.24, 2.45) is 0 Å². The Balaban J connectivity index is 1.98. The van der Waals surface area contributed by atoms with Gasteiger partial charge in [-0.05, 0) is 30.3 Å². The molecule has 0 aromatic heterocycles. The van der Waals surface area contributed by atoms with Crippen molar-refractivity contribution in [2.45, 2.75) is 0 Å². The highest BCUT2D eigenvalue weighted by Crippen LogP contribution is 2.38. The van der Waals surface area contributed by atoms with Gasteiger partial charge in [0, 0.05) is 11.1 Å². The predicted octanol–water partition coefficient (Wildman–Crippen LogP) is 3.80. The molecule has 1 aliphatic rings. The number of methoxy groups -OCH3 is 3. The van der Waals surface area contributed by atoms with Gasteiger partial charge in [-0.1, -0.05) is 23.2 Å². The maximum Gasteiger partial charge on any atom is 0.283 e. The number of carbonyl (C=O) groups is 2. The average molecular weight is 423 g/mol. The zero-order valence-corrected chi connectivity index (χ0v) is 16.7. The molecule has 9 heteroatoms. The van der Waals surface area contributed by atoms with Crippen LogP contribution in [0.25, 0.3) is 0 Å². The van der Waals surface area contributed by atoms with Gasteiger partial charge in [-0.15, -0.1) is 0 Å². The van der Waals surface area contributed by atoms with Crippen molar-refractivity contribution in [3.8, 4) is 17.2 Å². The summed E-state index contributed by atoms with van der Waals surface area (Å²) in [5.74, 6) is -0.0496. The number of hydrogen-bond acceptors (Lipinski definition) is 6. The van der Waals surface area contributed by atoms with Gasteiger partial charge in [-0.3, -0.25) is 9.59 Å². The Labute approximate surface area is 171 Å². The van der Waals surface area contributed by atoms with Crippen LogP contribution in [0.15, 0.2) is 47.1 Å². The van der Waals surface area contributed by atoms with E-state index < -0.39 is 11.8 Å². The van der Waals surface area contributed by atoms with Gasteiger partial charge < -0.3 is 19.5 Å². The molecular weight excluding hydrogens is 407 g/mol. The van der Waals surface area contributed by atoms with Gasteiger partial charge in [-0.25, -0.2) is 4.90 Å². The van der Waals surface area contributed by atoms with E-state index in [1.165, 1.54) is 27.4 Å². The molecule has 2 aromatic rings. The number of nitrogens with one attached hydrogen (secondary N) is 1. The molecule has 0 aliphatic carbocycles. The standard InChI is InChI=1S/C19H16Cl2N2O5/c1-26-11-5-6-12(15(9-11)28-3)22-17-16(21)18(24)23(19(17)25)13-8-10(20)4-7-14(13)27-2/h4-9,22H,1-3H3. The Bertz CT molecular complexity index is 990. The maximum atomic E-state index is 13.0. The second-order valence-electron chi connectivity index (χ2n) is 5.64. The number of amides is 2. The van der Waals surface area contributed by atoms with Gasteiger partial charge in [0.1, 0.15) is 28.0 Å². The van der Waals surface area contributed by atoms with Crippen molar-refractivity contribution in [3.63, 3.8) is 0 Å². The molecule has 1 aliphatic heterocycles. The summed E-state index contributed by atoms with van der Waals surface area (Å²) in [5.41, 5.74) is 0.552. The Kier molecular flexibility index (Phi) is 5.67. The summed E-state index contributed by atoms with van der Waals surface area (Å²) in [6.07, 6.45) is 0. The number of anilines is 2. The highest BCUT2D eigenvalue weighted by atomic mass is 35.5. The van der Waals surface area contributed by atoms with E-state index in [1.54, 1.807) is 30.3 Å². The van der Waals surface area contributed by atoms with Crippen molar-refractivity contribution in [2.75, 3.05) is 31.5 Å². The van der Waals surface area contributed by atoms with E-state index in [2.05, 4.69) is 5.32 Å². The fourth-order valence-corrected chi connectivity index (χ4v) is 3.08. The highest BCUT2D eigenvalue weighted by Gasteiger charge is 2.40. The van der Waals surface area contributed by atoms with Crippen LogP contribution >= 0.6 is 23.2 Å². The normalized spacial score (nSPS) is 13.8. The van der Waals surface area contributed by atoms with Crippen molar-refractivity contribution in [1.29, 1.82) is 0 Å². The molecule has 1 N–H and O–H groups in total. The molecule has 28 heavy (non-hydrogen) atoms. The van der Waals surface area contributed by atoms with Gasteiger partial charge in [0.05, 0.1) is 32.7 Å². The van der Waals surface area contributed by atoms with Crippen LogP contribution in [0.1, 0.15) is 0 Å². The van der Waals surface area contributed by atoms with Crippen molar-refractivity contribution >= 4 is 46.4 Å². The Morgan fingerprint density at radius 1 is 0.857 bits per heavy atom. The molecule has 0 fully saturated rings. The summed E-state index contributed by atoms with van der Waals surface area (Å²) in [7, 11) is 4.42. The number of nitrogens with zero attached hydrogens (tertiary/aromatic N) is 1. The molecule has 146 valence electrons. The molecule has 0 unspecified atom stereocenters. The monoisotopic (exact) mass is 422 g/mol. The molecule has 0 saturated heterocycles. The Morgan fingerprint density at radius 3 is 2.21 bits per heavy atom. The largest absolute Gasteiger partial charge is 0.497 e. The summed E-state index contributed by atoms with van der Waals surface area (Å²) >= 11 is 12.2. The van der Waals surface area contributed by atoms with Crippen molar-refractivity contribution in [1.82, 2.24) is 0 Å². The second-order valence-corrected chi connectivity index (χ2v) is 6.46. The first kappa shape index (κ1) is 19.9. The number of benzene rings is 2. The number of imide groups is 1. The Hall–Kier alpha value is -2.90. The van der Waals surface area contributed by atoms with E-state index in [9.17, 15) is 9.59 Å². The lowest BCUT2D eigenvalue weighted by atomic mass is 10.2. The van der Waals surface area contributed by atoms with Gasteiger partial charge in [-0.2, -0.15) is 0 Å². The van der Waals surface area contributed by atoms with E-state index >= 15 is 0 Å². The molecule has 7 nitrogen and oxygen atoms in total. The lowest BCUT2D eigenvalue weighted by Crippen LogP contribution is -2.32. The number of rotatable bonds is 6. The number of ether oxygens (including phenoxy) is 3. The summed E-state index contributed by atoms with van der Waals surface area (Å²) < 4.78 is 15.7. The minimum Gasteiger partial charge on any atom is -0.497 e. The second kappa shape index (κ2) is 8.00. The molecule has 0 saturated carbocycles. The topological polar surface area (TPSA) is 77.1 Å². The molecular formula is C19H16Cl2N2O5. The van der Waals surface area contributed by atoms with Crippen LogP contribution < -0.4 is 24.4 Å². The molecule has 0 bridgehead atoms. The fraction of sp³-hybridized carbons (Fsp3) is 0.158. The molecule has 0 radical (unpaired) electrons. The molecule has 2 aromatic carbocycles. The van der Waals surface area contributed by atoms with Crippen LogP contribution in [0, 0.1) is 0 Å². The highest BCUT2D eigenvalue weighted by molar-refractivity contribution is 6.53. The van der Waals surface area contributed by atoms with E-state index in [0.717, 1.165) is 4.90 Å². The third-order valence-electron chi connectivity index (χ3n) is 4.08. The van der Waals surface area contributed by atoms with Crippen molar-refractivity contribution in [3.05, 3.63) is 52.2 Å². The summed E-state index contributed by atoms with van der Waals surface area (Å²) in [6, 6.07) is 9.57. The SMILES string of the molecule is COc1ccc(NC2=C(Cl)C(=O)N(c3cc(Cl)ccc3OC)C2=O)c(OC)c1. The lowest BCUT2D eigenvalue weighted by Gasteiger charge is -2.18. The average Bonchev–Trinajstić information content (AvgIpc) is 2.91. The Morgan fingerprint density at radius 2 is 1.57 bits per heavy atom. The fourth-order valence-electron chi connectivity index (χ4n) is 2.70. The van der Waals surface area contributed by atoms with Gasteiger partial charge in [0.25, 0.3) is 11.8 Å². The molecule has 3 rings (SSSR count). The van der Waals surface area contributed by atoms with Crippen LogP contribution in [-0.4, -0.2) is 33.1 Å². The smallest absolute Gasteiger partial charge is 0.283 e. The first-order valence-electron chi connectivity index (χ1n) is 8.02. The third kappa shape index (κ3) is 3.46. The van der Waals surface area contributed by atoms with Crippen LogP contribution in [0.4, 0.5) is 11.4 Å². The minimum atomic E-state index is -0.692. The first-order chi connectivity index (χ1) is 13.4. The number of hydrogen-bond donors (Lipinski definition) is 1. The third-order valence-corrected chi connectivity index (χ3v) is 4.66. The quantitative estimate of drug-likeness (QED) is 0.713. The number of carbonyl (C=O) groups excluding carboxylic acids is 2. The van der Waals surface area contributed by atoms with E-state index in [-0.39, 0.29) is 16.4 Å². The summed E-state index contributed by atoms with van der Waals surface area (Å²) in [5, 5.41) is 2.95. The summed E-state index contributed by atoms with van der Waals surface area (Å²) in [6.45, 7) is 0. The van der Waals surface area contributed by atoms with E-state index in [4.69, 9.17) is 37.4 Å². The predicted molar refractivity (Wildman–Crippen MR) is 107 cm³/mol. The van der Waals surface area contributed by atoms with Crippen LogP contribution in [0.2, 0.25) is 5.02 Å². The maximum absolute atomic E-state index is 13.0. The zero-order chi connectivity index (χ0) is 20.4. The first-order valence-corrected chi connectivity index (χ1v) is 8.78.